The molecule has 2 amide bonds. The molecule has 0 spiro atoms. The molecule has 6 heteroatoms. The summed E-state index contributed by atoms with van der Waals surface area (Å²) in [6, 6.07) is 7.40. The first-order valence-corrected chi connectivity index (χ1v) is 9.10. The SMILES string of the molecule is Cc1ccc([C@H]2C[C@@H](C)CCN2C(=O)CNC(=O)c2cccs2)o1. The van der Waals surface area contributed by atoms with Gasteiger partial charge in [0, 0.05) is 6.54 Å². The summed E-state index contributed by atoms with van der Waals surface area (Å²) in [4.78, 5) is 27.1. The molecule has 2 aromatic rings. The quantitative estimate of drug-likeness (QED) is 0.923. The van der Waals surface area contributed by atoms with Crippen LogP contribution in [0.15, 0.2) is 34.1 Å². The van der Waals surface area contributed by atoms with Crippen LogP contribution in [0.4, 0.5) is 0 Å². The third-order valence-corrected chi connectivity index (χ3v) is 5.29. The average Bonchev–Trinajstić information content (AvgIpc) is 3.23. The number of carbonyl (C=O) groups is 2. The van der Waals surface area contributed by atoms with Crippen LogP contribution in [0.25, 0.3) is 0 Å². The van der Waals surface area contributed by atoms with Crippen LogP contribution in [0.5, 0.6) is 0 Å². The van der Waals surface area contributed by atoms with Crippen LogP contribution >= 0.6 is 11.3 Å². The molecular weight excluding hydrogens is 324 g/mol. The molecule has 0 radical (unpaired) electrons. The Morgan fingerprint density at radius 2 is 2.21 bits per heavy atom. The first-order chi connectivity index (χ1) is 11.5. The number of hydrogen-bond acceptors (Lipinski definition) is 4. The standard InChI is InChI=1S/C18H22N2O3S/c1-12-7-8-20(14(10-12)15-6-5-13(2)23-15)17(21)11-19-18(22)16-4-3-9-24-16/h3-6,9,12,14H,7-8,10-11H2,1-2H3,(H,19,22)/t12-,14+/m0/s1. The summed E-state index contributed by atoms with van der Waals surface area (Å²) in [5.74, 6) is 1.96. The Morgan fingerprint density at radius 3 is 2.88 bits per heavy atom. The first-order valence-electron chi connectivity index (χ1n) is 8.22. The van der Waals surface area contributed by atoms with E-state index in [0.717, 1.165) is 24.4 Å². The first kappa shape index (κ1) is 16.8. The van der Waals surface area contributed by atoms with Crippen molar-refractivity contribution < 1.29 is 14.0 Å². The molecule has 1 N–H and O–H groups in total. The van der Waals surface area contributed by atoms with Gasteiger partial charge >= 0.3 is 0 Å². The maximum absolute atomic E-state index is 12.6. The van der Waals surface area contributed by atoms with Crippen molar-refractivity contribution in [1.82, 2.24) is 10.2 Å². The van der Waals surface area contributed by atoms with E-state index in [2.05, 4.69) is 12.2 Å². The maximum Gasteiger partial charge on any atom is 0.261 e. The number of furan rings is 1. The minimum absolute atomic E-state index is 0.0152. The number of rotatable bonds is 4. The number of nitrogens with zero attached hydrogens (tertiary/aromatic N) is 1. The molecule has 0 unspecified atom stereocenters. The largest absolute Gasteiger partial charge is 0.464 e. The second-order valence-electron chi connectivity index (χ2n) is 6.34. The number of thiophene rings is 1. The molecule has 0 aliphatic carbocycles. The summed E-state index contributed by atoms with van der Waals surface area (Å²) in [7, 11) is 0. The molecule has 0 aromatic carbocycles. The molecule has 1 saturated heterocycles. The van der Waals surface area contributed by atoms with E-state index in [0.29, 0.717) is 17.3 Å². The van der Waals surface area contributed by atoms with Gasteiger partial charge in [-0.1, -0.05) is 13.0 Å². The van der Waals surface area contributed by atoms with Crippen molar-refractivity contribution in [2.24, 2.45) is 5.92 Å². The third kappa shape index (κ3) is 3.70. The fourth-order valence-electron chi connectivity index (χ4n) is 3.09. The highest BCUT2D eigenvalue weighted by atomic mass is 32.1. The normalized spacial score (nSPS) is 20.8. The van der Waals surface area contributed by atoms with Crippen LogP contribution in [-0.4, -0.2) is 29.8 Å². The van der Waals surface area contributed by atoms with E-state index >= 15 is 0 Å². The molecule has 1 fully saturated rings. The molecule has 2 aromatic heterocycles. The zero-order chi connectivity index (χ0) is 17.1. The van der Waals surface area contributed by atoms with Crippen LogP contribution in [0.2, 0.25) is 0 Å². The highest BCUT2D eigenvalue weighted by Gasteiger charge is 2.32. The minimum atomic E-state index is -0.200. The van der Waals surface area contributed by atoms with E-state index in [1.54, 1.807) is 6.07 Å². The van der Waals surface area contributed by atoms with Crippen molar-refractivity contribution in [3.63, 3.8) is 0 Å². The predicted molar refractivity (Wildman–Crippen MR) is 92.9 cm³/mol. The fourth-order valence-corrected chi connectivity index (χ4v) is 3.73. The van der Waals surface area contributed by atoms with Crippen LogP contribution < -0.4 is 5.32 Å². The zero-order valence-electron chi connectivity index (χ0n) is 14.0. The van der Waals surface area contributed by atoms with Gasteiger partial charge < -0.3 is 14.6 Å². The lowest BCUT2D eigenvalue weighted by Gasteiger charge is -2.37. The third-order valence-electron chi connectivity index (χ3n) is 4.42. The molecule has 3 heterocycles. The molecular formula is C18H22N2O3S. The molecule has 1 aliphatic heterocycles. The Morgan fingerprint density at radius 1 is 1.38 bits per heavy atom. The molecule has 24 heavy (non-hydrogen) atoms. The lowest BCUT2D eigenvalue weighted by atomic mass is 9.91. The summed E-state index contributed by atoms with van der Waals surface area (Å²) >= 11 is 1.37. The number of likely N-dealkylation sites (tertiary alicyclic amines) is 1. The Bertz CT molecular complexity index is 708. The number of piperidine rings is 1. The minimum Gasteiger partial charge on any atom is -0.464 e. The number of carbonyl (C=O) groups excluding carboxylic acids is 2. The van der Waals surface area contributed by atoms with Crippen molar-refractivity contribution in [2.45, 2.75) is 32.7 Å². The van der Waals surface area contributed by atoms with Crippen LogP contribution in [-0.2, 0) is 4.79 Å². The molecule has 0 bridgehead atoms. The van der Waals surface area contributed by atoms with Crippen molar-refractivity contribution in [3.8, 4) is 0 Å². The van der Waals surface area contributed by atoms with Gasteiger partial charge in [-0.2, -0.15) is 0 Å². The van der Waals surface area contributed by atoms with Gasteiger partial charge in [0.15, 0.2) is 0 Å². The molecule has 3 rings (SSSR count). The Labute approximate surface area is 145 Å². The van der Waals surface area contributed by atoms with E-state index in [1.165, 1.54) is 11.3 Å². The fraction of sp³-hybridized carbons (Fsp3) is 0.444. The van der Waals surface area contributed by atoms with E-state index in [1.807, 2.05) is 35.4 Å². The maximum atomic E-state index is 12.6. The molecule has 128 valence electrons. The molecule has 5 nitrogen and oxygen atoms in total. The second-order valence-corrected chi connectivity index (χ2v) is 7.29. The number of aryl methyl sites for hydroxylation is 1. The van der Waals surface area contributed by atoms with Crippen molar-refractivity contribution in [1.29, 1.82) is 0 Å². The van der Waals surface area contributed by atoms with Gasteiger partial charge in [0.05, 0.1) is 17.5 Å². The predicted octanol–water partition coefficient (Wildman–Crippen LogP) is 3.38. The average molecular weight is 346 g/mol. The molecule has 1 aliphatic rings. The van der Waals surface area contributed by atoms with Gasteiger partial charge in [-0.25, -0.2) is 0 Å². The lowest BCUT2D eigenvalue weighted by molar-refractivity contribution is -0.135. The van der Waals surface area contributed by atoms with E-state index in [-0.39, 0.29) is 24.4 Å². The highest BCUT2D eigenvalue weighted by molar-refractivity contribution is 7.12. The number of amides is 2. The summed E-state index contributed by atoms with van der Waals surface area (Å²) in [5.41, 5.74) is 0. The van der Waals surface area contributed by atoms with Crippen LogP contribution in [0.1, 0.15) is 47.0 Å². The molecule has 2 atom stereocenters. The van der Waals surface area contributed by atoms with E-state index in [4.69, 9.17) is 4.42 Å². The van der Waals surface area contributed by atoms with E-state index < -0.39 is 0 Å². The van der Waals surface area contributed by atoms with Gasteiger partial charge in [0.25, 0.3) is 5.91 Å². The number of nitrogens with one attached hydrogen (secondary N) is 1. The Kier molecular flexibility index (Phi) is 5.04. The Balaban J connectivity index is 1.66. The van der Waals surface area contributed by atoms with Crippen molar-refractivity contribution in [3.05, 3.63) is 46.0 Å². The lowest BCUT2D eigenvalue weighted by Crippen LogP contribution is -2.45. The van der Waals surface area contributed by atoms with Crippen molar-refractivity contribution >= 4 is 23.2 Å². The zero-order valence-corrected chi connectivity index (χ0v) is 14.8. The van der Waals surface area contributed by atoms with Gasteiger partial charge in [0.2, 0.25) is 5.91 Å². The van der Waals surface area contributed by atoms with Crippen molar-refractivity contribution in [2.75, 3.05) is 13.1 Å². The monoisotopic (exact) mass is 346 g/mol. The van der Waals surface area contributed by atoms with Gasteiger partial charge in [-0.05, 0) is 49.3 Å². The second kappa shape index (κ2) is 7.21. The Hall–Kier alpha value is -2.08. The number of hydrogen-bond donors (Lipinski definition) is 1. The topological polar surface area (TPSA) is 62.6 Å². The smallest absolute Gasteiger partial charge is 0.261 e. The van der Waals surface area contributed by atoms with Crippen LogP contribution in [0.3, 0.4) is 0 Å². The van der Waals surface area contributed by atoms with Gasteiger partial charge in [-0.15, -0.1) is 11.3 Å². The van der Waals surface area contributed by atoms with Gasteiger partial charge in [-0.3, -0.25) is 9.59 Å². The van der Waals surface area contributed by atoms with E-state index in [9.17, 15) is 9.59 Å². The molecule has 0 saturated carbocycles. The van der Waals surface area contributed by atoms with Crippen LogP contribution in [0, 0.1) is 12.8 Å². The summed E-state index contributed by atoms with van der Waals surface area (Å²) in [5, 5.41) is 4.57. The summed E-state index contributed by atoms with van der Waals surface area (Å²) < 4.78 is 5.76. The summed E-state index contributed by atoms with van der Waals surface area (Å²) in [6.07, 6.45) is 1.86. The highest BCUT2D eigenvalue weighted by Crippen LogP contribution is 2.34. The summed E-state index contributed by atoms with van der Waals surface area (Å²) in [6.45, 7) is 4.81. The van der Waals surface area contributed by atoms with Gasteiger partial charge in [0.1, 0.15) is 11.5 Å².